The van der Waals surface area contributed by atoms with Crippen LogP contribution in [0.15, 0.2) is 54.2 Å². The maximum atomic E-state index is 12.3. The normalized spacial score (nSPS) is 10.8. The van der Waals surface area contributed by atoms with Crippen LogP contribution >= 0.6 is 22.6 Å². The van der Waals surface area contributed by atoms with Gasteiger partial charge in [0.25, 0.3) is 5.91 Å². The number of halogens is 1. The van der Waals surface area contributed by atoms with Crippen LogP contribution in [0.4, 0.5) is 17.1 Å². The number of hydrogen-bond acceptors (Lipinski definition) is 4. The second kappa shape index (κ2) is 8.53. The number of aryl methyl sites for hydroxylation is 1. The number of benzene rings is 2. The van der Waals surface area contributed by atoms with Crippen molar-refractivity contribution in [3.8, 4) is 6.07 Å². The zero-order chi connectivity index (χ0) is 18.4. The number of nitrogens with zero attached hydrogens (tertiary/aromatic N) is 2. The van der Waals surface area contributed by atoms with Crippen LogP contribution in [0.2, 0.25) is 0 Å². The van der Waals surface area contributed by atoms with Crippen LogP contribution in [0.5, 0.6) is 0 Å². The van der Waals surface area contributed by atoms with Crippen molar-refractivity contribution >= 4 is 45.6 Å². The minimum atomic E-state index is -0.441. The minimum Gasteiger partial charge on any atom is -0.378 e. The van der Waals surface area contributed by atoms with Crippen molar-refractivity contribution in [3.63, 3.8) is 0 Å². The van der Waals surface area contributed by atoms with E-state index in [-0.39, 0.29) is 5.57 Å². The van der Waals surface area contributed by atoms with Crippen LogP contribution in [0.3, 0.4) is 0 Å². The maximum absolute atomic E-state index is 12.3. The van der Waals surface area contributed by atoms with E-state index in [2.05, 4.69) is 33.2 Å². The van der Waals surface area contributed by atoms with Crippen LogP contribution in [0, 0.1) is 21.8 Å². The van der Waals surface area contributed by atoms with Crippen LogP contribution < -0.4 is 15.5 Å². The van der Waals surface area contributed by atoms with E-state index in [0.717, 1.165) is 20.5 Å². The molecule has 0 aliphatic heterocycles. The summed E-state index contributed by atoms with van der Waals surface area (Å²) in [7, 11) is 3.93. The zero-order valence-corrected chi connectivity index (χ0v) is 16.5. The fourth-order valence-corrected chi connectivity index (χ4v) is 2.76. The fourth-order valence-electron chi connectivity index (χ4n) is 2.12. The molecule has 2 rings (SSSR count). The van der Waals surface area contributed by atoms with Crippen LogP contribution in [0.1, 0.15) is 5.56 Å². The first-order valence-electron chi connectivity index (χ1n) is 7.62. The van der Waals surface area contributed by atoms with E-state index in [9.17, 15) is 10.1 Å². The van der Waals surface area contributed by atoms with Crippen molar-refractivity contribution in [2.75, 3.05) is 29.6 Å². The molecular formula is C19H19IN4O. The van der Waals surface area contributed by atoms with Crippen LogP contribution in [-0.4, -0.2) is 20.0 Å². The van der Waals surface area contributed by atoms with Crippen molar-refractivity contribution in [1.82, 2.24) is 0 Å². The van der Waals surface area contributed by atoms with E-state index < -0.39 is 5.91 Å². The monoisotopic (exact) mass is 446 g/mol. The second-order valence-electron chi connectivity index (χ2n) is 5.67. The molecule has 2 aromatic carbocycles. The van der Waals surface area contributed by atoms with Gasteiger partial charge in [-0.25, -0.2) is 0 Å². The van der Waals surface area contributed by atoms with Crippen molar-refractivity contribution < 1.29 is 4.79 Å². The first-order chi connectivity index (χ1) is 11.9. The third kappa shape index (κ3) is 5.22. The van der Waals surface area contributed by atoms with Gasteiger partial charge in [0.15, 0.2) is 0 Å². The lowest BCUT2D eigenvalue weighted by atomic mass is 10.2. The summed E-state index contributed by atoms with van der Waals surface area (Å²) in [5.41, 5.74) is 3.53. The van der Waals surface area contributed by atoms with E-state index in [0.29, 0.717) is 5.69 Å². The maximum Gasteiger partial charge on any atom is 0.267 e. The highest BCUT2D eigenvalue weighted by atomic mass is 127. The van der Waals surface area contributed by atoms with Gasteiger partial charge in [0.2, 0.25) is 0 Å². The lowest BCUT2D eigenvalue weighted by Crippen LogP contribution is -2.15. The zero-order valence-electron chi connectivity index (χ0n) is 14.3. The van der Waals surface area contributed by atoms with E-state index in [1.807, 2.05) is 74.5 Å². The van der Waals surface area contributed by atoms with Gasteiger partial charge in [-0.05, 0) is 77.5 Å². The minimum absolute atomic E-state index is 0.00892. The highest BCUT2D eigenvalue weighted by molar-refractivity contribution is 14.1. The molecule has 0 aromatic heterocycles. The predicted molar refractivity (Wildman–Crippen MR) is 111 cm³/mol. The van der Waals surface area contributed by atoms with Crippen LogP contribution in [0.25, 0.3) is 0 Å². The van der Waals surface area contributed by atoms with Gasteiger partial charge >= 0.3 is 0 Å². The summed E-state index contributed by atoms with van der Waals surface area (Å²) in [6, 6.07) is 15.3. The predicted octanol–water partition coefficient (Wildman–Crippen LogP) is 4.12. The quantitative estimate of drug-likeness (QED) is 0.412. The molecule has 0 aliphatic carbocycles. The Kier molecular flexibility index (Phi) is 6.42. The van der Waals surface area contributed by atoms with Gasteiger partial charge in [-0.3, -0.25) is 4.79 Å². The fraction of sp³-hybridized carbons (Fsp3) is 0.158. The van der Waals surface area contributed by atoms with Crippen molar-refractivity contribution in [2.24, 2.45) is 0 Å². The molecule has 0 saturated heterocycles. The van der Waals surface area contributed by atoms with Gasteiger partial charge in [0.1, 0.15) is 11.6 Å². The van der Waals surface area contributed by atoms with Crippen LogP contribution in [-0.2, 0) is 4.79 Å². The molecule has 128 valence electrons. The van der Waals surface area contributed by atoms with Gasteiger partial charge in [0, 0.05) is 40.9 Å². The molecule has 0 fully saturated rings. The van der Waals surface area contributed by atoms with Crippen molar-refractivity contribution in [3.05, 3.63) is 63.4 Å². The summed E-state index contributed by atoms with van der Waals surface area (Å²) in [5.74, 6) is -0.441. The summed E-state index contributed by atoms with van der Waals surface area (Å²) in [4.78, 5) is 14.3. The Morgan fingerprint density at radius 2 is 1.88 bits per heavy atom. The van der Waals surface area contributed by atoms with Gasteiger partial charge in [0.05, 0.1) is 0 Å². The third-order valence-corrected chi connectivity index (χ3v) is 4.24. The Morgan fingerprint density at radius 1 is 1.20 bits per heavy atom. The molecule has 1 amide bonds. The molecule has 0 aliphatic rings. The molecule has 2 aromatic rings. The summed E-state index contributed by atoms with van der Waals surface area (Å²) in [5, 5.41) is 15.0. The smallest absolute Gasteiger partial charge is 0.267 e. The number of nitrogens with one attached hydrogen (secondary N) is 2. The molecule has 0 spiro atoms. The van der Waals surface area contributed by atoms with E-state index in [4.69, 9.17) is 0 Å². The number of nitriles is 1. The average Bonchev–Trinajstić information content (AvgIpc) is 2.58. The number of rotatable bonds is 5. The van der Waals surface area contributed by atoms with Gasteiger partial charge < -0.3 is 15.5 Å². The van der Waals surface area contributed by atoms with E-state index in [1.165, 1.54) is 6.20 Å². The molecule has 5 nitrogen and oxygen atoms in total. The van der Waals surface area contributed by atoms with Gasteiger partial charge in [-0.15, -0.1) is 0 Å². The Labute approximate surface area is 161 Å². The average molecular weight is 446 g/mol. The SMILES string of the molecule is Cc1cc(I)ccc1NC(=O)/C(C#N)=C\Nc1ccc(N(C)C)cc1. The Balaban J connectivity index is 2.08. The number of carbonyl (C=O) groups is 1. The Hall–Kier alpha value is -2.53. The molecule has 2 N–H and O–H groups in total. The Morgan fingerprint density at radius 3 is 2.44 bits per heavy atom. The summed E-state index contributed by atoms with van der Waals surface area (Å²) in [6.07, 6.45) is 1.42. The number of carbonyl (C=O) groups excluding carboxylic acids is 1. The molecular weight excluding hydrogens is 427 g/mol. The molecule has 0 bridgehead atoms. The van der Waals surface area contributed by atoms with Crippen molar-refractivity contribution in [1.29, 1.82) is 5.26 Å². The van der Waals surface area contributed by atoms with Crippen molar-refractivity contribution in [2.45, 2.75) is 6.92 Å². The lowest BCUT2D eigenvalue weighted by Gasteiger charge is -2.12. The highest BCUT2D eigenvalue weighted by Crippen LogP contribution is 2.19. The molecule has 0 heterocycles. The second-order valence-corrected chi connectivity index (χ2v) is 6.91. The number of anilines is 3. The van der Waals surface area contributed by atoms with Gasteiger partial charge in [-0.2, -0.15) is 5.26 Å². The summed E-state index contributed by atoms with van der Waals surface area (Å²) < 4.78 is 1.09. The molecule has 0 saturated carbocycles. The lowest BCUT2D eigenvalue weighted by molar-refractivity contribution is -0.112. The molecule has 0 atom stereocenters. The highest BCUT2D eigenvalue weighted by Gasteiger charge is 2.10. The largest absolute Gasteiger partial charge is 0.378 e. The molecule has 6 heteroatoms. The number of hydrogen-bond donors (Lipinski definition) is 2. The molecule has 25 heavy (non-hydrogen) atoms. The first-order valence-corrected chi connectivity index (χ1v) is 8.70. The van der Waals surface area contributed by atoms with E-state index in [1.54, 1.807) is 0 Å². The van der Waals surface area contributed by atoms with E-state index >= 15 is 0 Å². The molecule has 0 unspecified atom stereocenters. The summed E-state index contributed by atoms with van der Waals surface area (Å²) >= 11 is 2.21. The first kappa shape index (κ1) is 18.8. The van der Waals surface area contributed by atoms with Gasteiger partial charge in [-0.1, -0.05) is 0 Å². The topological polar surface area (TPSA) is 68.2 Å². The summed E-state index contributed by atoms with van der Waals surface area (Å²) in [6.45, 7) is 1.91. The standard InChI is InChI=1S/C19H19IN4O/c1-13-10-15(20)4-9-18(13)23-19(25)14(11-21)12-22-16-5-7-17(8-6-16)24(2)3/h4-10,12,22H,1-3H3,(H,23,25)/b14-12-. The number of amides is 1. The Bertz CT molecular complexity index is 835. The molecule has 0 radical (unpaired) electrons. The third-order valence-electron chi connectivity index (χ3n) is 3.57.